The van der Waals surface area contributed by atoms with Gasteiger partial charge in [-0.15, -0.1) is 0 Å². The Morgan fingerprint density at radius 2 is 1.96 bits per heavy atom. The molecule has 3 rings (SSSR count). The molecule has 1 aromatic heterocycles. The van der Waals surface area contributed by atoms with Crippen molar-refractivity contribution in [2.75, 3.05) is 5.32 Å². The molecule has 0 spiro atoms. The summed E-state index contributed by atoms with van der Waals surface area (Å²) in [6.45, 7) is -0.486. The van der Waals surface area contributed by atoms with Crippen LogP contribution in [0.4, 0.5) is 18.9 Å². The fourth-order valence-electron chi connectivity index (χ4n) is 3.06. The number of rotatable bonds is 3. The van der Waals surface area contributed by atoms with E-state index in [0.717, 1.165) is 12.1 Å². The van der Waals surface area contributed by atoms with Crippen molar-refractivity contribution in [3.05, 3.63) is 61.9 Å². The van der Waals surface area contributed by atoms with Gasteiger partial charge in [0.05, 0.1) is 11.3 Å². The number of nitrogens with one attached hydrogen (secondary N) is 1. The highest BCUT2D eigenvalue weighted by Gasteiger charge is 2.33. The van der Waals surface area contributed by atoms with Crippen LogP contribution in [-0.4, -0.2) is 15.0 Å². The highest BCUT2D eigenvalue weighted by atomic mass is 19.4. The lowest BCUT2D eigenvalue weighted by Crippen LogP contribution is -2.44. The molecule has 1 aliphatic heterocycles. The molecule has 0 unspecified atom stereocenters. The number of hydrogen-bond donors (Lipinski definition) is 1. The number of aromatic nitrogens is 2. The van der Waals surface area contributed by atoms with E-state index < -0.39 is 41.1 Å². The van der Waals surface area contributed by atoms with Crippen molar-refractivity contribution >= 4 is 11.6 Å². The lowest BCUT2D eigenvalue weighted by molar-refractivity contribution is -0.137. The first kappa shape index (κ1) is 18.4. The Morgan fingerprint density at radius 1 is 1.26 bits per heavy atom. The molecule has 1 aromatic carbocycles. The monoisotopic (exact) mass is 378 g/mol. The SMILES string of the molecule is N#Cc1c2n(c(=O)n(CC(=O)Nc3ccccc3C(F)(F)F)c1=O)CCC2. The number of carbonyl (C=O) groups is 1. The third kappa shape index (κ3) is 3.36. The van der Waals surface area contributed by atoms with E-state index in [0.29, 0.717) is 29.6 Å². The summed E-state index contributed by atoms with van der Waals surface area (Å²) in [7, 11) is 0. The molecule has 10 heteroatoms. The third-order valence-electron chi connectivity index (χ3n) is 4.25. The normalized spacial score (nSPS) is 13.1. The van der Waals surface area contributed by atoms with Crippen molar-refractivity contribution in [2.24, 2.45) is 0 Å². The summed E-state index contributed by atoms with van der Waals surface area (Å²) in [5.41, 5.74) is -3.11. The van der Waals surface area contributed by atoms with Gasteiger partial charge in [-0.2, -0.15) is 18.4 Å². The van der Waals surface area contributed by atoms with Crippen LogP contribution in [0, 0.1) is 11.3 Å². The van der Waals surface area contributed by atoms with Crippen LogP contribution in [-0.2, 0) is 30.5 Å². The van der Waals surface area contributed by atoms with Crippen molar-refractivity contribution < 1.29 is 18.0 Å². The Hall–Kier alpha value is -3.35. The minimum absolute atomic E-state index is 0.226. The molecule has 0 saturated carbocycles. The summed E-state index contributed by atoms with van der Waals surface area (Å²) in [6, 6.07) is 6.11. The van der Waals surface area contributed by atoms with Crippen molar-refractivity contribution in [3.63, 3.8) is 0 Å². The van der Waals surface area contributed by atoms with Crippen LogP contribution < -0.4 is 16.6 Å². The minimum Gasteiger partial charge on any atom is -0.324 e. The molecule has 140 valence electrons. The Bertz CT molecular complexity index is 1080. The molecule has 0 fully saturated rings. The molecular formula is C17H13F3N4O3. The van der Waals surface area contributed by atoms with Gasteiger partial charge in [-0.3, -0.25) is 14.2 Å². The number of halogens is 3. The number of benzene rings is 1. The summed E-state index contributed by atoms with van der Waals surface area (Å²) in [6.07, 6.45) is -3.69. The largest absolute Gasteiger partial charge is 0.418 e. The van der Waals surface area contributed by atoms with Crippen LogP contribution in [0.25, 0.3) is 0 Å². The summed E-state index contributed by atoms with van der Waals surface area (Å²) in [5.74, 6) is -0.978. The second-order valence-electron chi connectivity index (χ2n) is 5.95. The topological polar surface area (TPSA) is 96.9 Å². The predicted molar refractivity (Wildman–Crippen MR) is 88.1 cm³/mol. The minimum atomic E-state index is -4.68. The lowest BCUT2D eigenvalue weighted by atomic mass is 10.1. The fourth-order valence-corrected chi connectivity index (χ4v) is 3.06. The van der Waals surface area contributed by atoms with E-state index >= 15 is 0 Å². The summed E-state index contributed by atoms with van der Waals surface area (Å²) in [4.78, 5) is 37.0. The van der Waals surface area contributed by atoms with E-state index in [1.807, 2.05) is 0 Å². The van der Waals surface area contributed by atoms with E-state index in [2.05, 4.69) is 5.32 Å². The number of para-hydroxylation sites is 1. The van der Waals surface area contributed by atoms with E-state index in [1.54, 1.807) is 6.07 Å². The predicted octanol–water partition coefficient (Wildman–Crippen LogP) is 1.49. The fraction of sp³-hybridized carbons (Fsp3) is 0.294. The van der Waals surface area contributed by atoms with Gasteiger partial charge in [0, 0.05) is 12.2 Å². The van der Waals surface area contributed by atoms with Crippen molar-refractivity contribution in [1.29, 1.82) is 5.26 Å². The highest BCUT2D eigenvalue weighted by Crippen LogP contribution is 2.34. The molecule has 0 atom stereocenters. The van der Waals surface area contributed by atoms with Crippen molar-refractivity contribution in [1.82, 2.24) is 9.13 Å². The van der Waals surface area contributed by atoms with Gasteiger partial charge >= 0.3 is 11.9 Å². The van der Waals surface area contributed by atoms with Crippen LogP contribution in [0.5, 0.6) is 0 Å². The number of anilines is 1. The standard InChI is InChI=1S/C17H13F3N4O3/c18-17(19,20)11-4-1-2-5-12(11)22-14(25)9-24-15(26)10(8-21)13-6-3-7-23(13)16(24)27/h1-2,4-5H,3,6-7,9H2,(H,22,25). The maximum Gasteiger partial charge on any atom is 0.418 e. The lowest BCUT2D eigenvalue weighted by Gasteiger charge is -2.14. The zero-order valence-corrected chi connectivity index (χ0v) is 13.8. The molecule has 2 aromatic rings. The second kappa shape index (κ2) is 6.75. The number of nitriles is 1. The summed E-state index contributed by atoms with van der Waals surface area (Å²) >= 11 is 0. The molecular weight excluding hydrogens is 365 g/mol. The molecule has 27 heavy (non-hydrogen) atoms. The second-order valence-corrected chi connectivity index (χ2v) is 5.95. The van der Waals surface area contributed by atoms with Crippen LogP contribution in [0.1, 0.15) is 23.2 Å². The third-order valence-corrected chi connectivity index (χ3v) is 4.25. The number of hydrogen-bond acceptors (Lipinski definition) is 4. The molecule has 1 N–H and O–H groups in total. The zero-order valence-electron chi connectivity index (χ0n) is 13.8. The van der Waals surface area contributed by atoms with Crippen LogP contribution in [0.2, 0.25) is 0 Å². The first-order chi connectivity index (χ1) is 12.7. The Balaban J connectivity index is 1.95. The van der Waals surface area contributed by atoms with Crippen LogP contribution in [0.15, 0.2) is 33.9 Å². The molecule has 1 amide bonds. The molecule has 0 radical (unpaired) electrons. The first-order valence-corrected chi connectivity index (χ1v) is 7.96. The number of alkyl halides is 3. The highest BCUT2D eigenvalue weighted by molar-refractivity contribution is 5.91. The van der Waals surface area contributed by atoms with Gasteiger partial charge in [-0.25, -0.2) is 9.36 Å². The van der Waals surface area contributed by atoms with Crippen molar-refractivity contribution in [2.45, 2.75) is 32.1 Å². The summed E-state index contributed by atoms with van der Waals surface area (Å²) < 4.78 is 40.8. The van der Waals surface area contributed by atoms with Gasteiger partial charge in [-0.1, -0.05) is 12.1 Å². The quantitative estimate of drug-likeness (QED) is 0.875. The van der Waals surface area contributed by atoms with Crippen LogP contribution >= 0.6 is 0 Å². The molecule has 2 heterocycles. The van der Waals surface area contributed by atoms with Gasteiger partial charge in [0.2, 0.25) is 5.91 Å². The van der Waals surface area contributed by atoms with Gasteiger partial charge in [0.15, 0.2) is 0 Å². The smallest absolute Gasteiger partial charge is 0.324 e. The Kier molecular flexibility index (Phi) is 4.61. The van der Waals surface area contributed by atoms with Crippen LogP contribution in [0.3, 0.4) is 0 Å². The first-order valence-electron chi connectivity index (χ1n) is 7.96. The molecule has 0 aliphatic carbocycles. The molecule has 0 saturated heterocycles. The van der Waals surface area contributed by atoms with E-state index in [-0.39, 0.29) is 5.56 Å². The average Bonchev–Trinajstić information content (AvgIpc) is 3.08. The van der Waals surface area contributed by atoms with E-state index in [9.17, 15) is 32.8 Å². The Labute approximate surface area is 150 Å². The number of amides is 1. The summed E-state index contributed by atoms with van der Waals surface area (Å²) in [5, 5.41) is 11.3. The molecule has 0 bridgehead atoms. The zero-order chi connectivity index (χ0) is 19.8. The number of fused-ring (bicyclic) bond motifs is 1. The van der Waals surface area contributed by atoms with Gasteiger partial charge in [-0.05, 0) is 25.0 Å². The van der Waals surface area contributed by atoms with Gasteiger partial charge < -0.3 is 5.32 Å². The van der Waals surface area contributed by atoms with Crippen molar-refractivity contribution in [3.8, 4) is 6.07 Å². The van der Waals surface area contributed by atoms with Gasteiger partial charge in [0.1, 0.15) is 18.2 Å². The van der Waals surface area contributed by atoms with Gasteiger partial charge in [0.25, 0.3) is 5.56 Å². The molecule has 7 nitrogen and oxygen atoms in total. The molecule has 1 aliphatic rings. The van der Waals surface area contributed by atoms with E-state index in [1.165, 1.54) is 16.7 Å². The number of carbonyl (C=O) groups excluding carboxylic acids is 1. The number of nitrogens with zero attached hydrogens (tertiary/aromatic N) is 3. The van der Waals surface area contributed by atoms with E-state index in [4.69, 9.17) is 0 Å². The average molecular weight is 378 g/mol. The Morgan fingerprint density at radius 3 is 2.63 bits per heavy atom. The maximum absolute atomic E-state index is 13.0. The maximum atomic E-state index is 13.0.